The van der Waals surface area contributed by atoms with Crippen LogP contribution in [0.1, 0.15) is 15.9 Å². The first-order valence-electron chi connectivity index (χ1n) is 4.85. The molecule has 5 heteroatoms. The third kappa shape index (κ3) is 1.70. The molecule has 0 aromatic heterocycles. The highest BCUT2D eigenvalue weighted by molar-refractivity contribution is 6.45. The predicted octanol–water partition coefficient (Wildman–Crippen LogP) is -1.05. The van der Waals surface area contributed by atoms with Crippen molar-refractivity contribution in [3.8, 4) is 5.75 Å². The molecule has 0 spiro atoms. The Morgan fingerprint density at radius 3 is 3.00 bits per heavy atom. The van der Waals surface area contributed by atoms with Gasteiger partial charge in [-0.05, 0) is 23.5 Å². The van der Waals surface area contributed by atoms with Crippen LogP contribution in [-0.4, -0.2) is 32.1 Å². The largest absolute Gasteiger partial charge is 0.496 e. The molecule has 1 aromatic rings. The molecule has 15 heavy (non-hydrogen) atoms. The molecule has 1 amide bonds. The minimum atomic E-state index is -0.0995. The molecule has 4 nitrogen and oxygen atoms in total. The first-order valence-corrected chi connectivity index (χ1v) is 4.85. The highest BCUT2D eigenvalue weighted by Crippen LogP contribution is 2.23. The van der Waals surface area contributed by atoms with Gasteiger partial charge in [0, 0.05) is 6.54 Å². The standard InChI is InChI=1S/C10H12BNO3/c1-15-8-5-7(11-14)4-6-2-3-12-10(13)9(6)8/h4-5,11,14H,2-3H2,1H3,(H,12,13). The average Bonchev–Trinajstić information content (AvgIpc) is 2.27. The summed E-state index contributed by atoms with van der Waals surface area (Å²) in [6.07, 6.45) is 0.783. The summed E-state index contributed by atoms with van der Waals surface area (Å²) >= 11 is 0. The summed E-state index contributed by atoms with van der Waals surface area (Å²) in [5, 5.41) is 11.8. The van der Waals surface area contributed by atoms with Crippen LogP contribution in [0.4, 0.5) is 0 Å². The molecule has 2 N–H and O–H groups in total. The summed E-state index contributed by atoms with van der Waals surface area (Å²) in [7, 11) is 1.49. The van der Waals surface area contributed by atoms with Gasteiger partial charge < -0.3 is 15.1 Å². The minimum Gasteiger partial charge on any atom is -0.496 e. The molecule has 1 aliphatic heterocycles. The number of carbonyl (C=O) groups is 1. The highest BCUT2D eigenvalue weighted by atomic mass is 16.5. The number of benzene rings is 1. The SMILES string of the molecule is COc1cc(BO)cc2c1C(=O)NCC2. The number of ether oxygens (including phenoxy) is 1. The number of methoxy groups -OCH3 is 1. The van der Waals surface area contributed by atoms with Gasteiger partial charge in [-0.3, -0.25) is 4.79 Å². The fourth-order valence-corrected chi connectivity index (χ4v) is 1.84. The van der Waals surface area contributed by atoms with Crippen molar-refractivity contribution < 1.29 is 14.6 Å². The van der Waals surface area contributed by atoms with Crippen LogP contribution in [0.3, 0.4) is 0 Å². The fourth-order valence-electron chi connectivity index (χ4n) is 1.84. The van der Waals surface area contributed by atoms with E-state index in [0.717, 1.165) is 17.4 Å². The fraction of sp³-hybridized carbons (Fsp3) is 0.300. The number of rotatable bonds is 2. The predicted molar refractivity (Wildman–Crippen MR) is 58.0 cm³/mol. The van der Waals surface area contributed by atoms with E-state index in [1.54, 1.807) is 6.07 Å². The van der Waals surface area contributed by atoms with Crippen molar-refractivity contribution in [3.05, 3.63) is 23.3 Å². The van der Waals surface area contributed by atoms with Crippen LogP contribution in [0.25, 0.3) is 0 Å². The molecule has 1 heterocycles. The number of fused-ring (bicyclic) bond motifs is 1. The third-order valence-electron chi connectivity index (χ3n) is 2.55. The van der Waals surface area contributed by atoms with Crippen molar-refractivity contribution in [1.29, 1.82) is 0 Å². The van der Waals surface area contributed by atoms with Crippen LogP contribution in [0.5, 0.6) is 5.75 Å². The zero-order valence-electron chi connectivity index (χ0n) is 8.54. The first kappa shape index (κ1) is 10.0. The Balaban J connectivity index is 2.57. The van der Waals surface area contributed by atoms with Gasteiger partial charge in [0.15, 0.2) is 0 Å². The van der Waals surface area contributed by atoms with E-state index < -0.39 is 0 Å². The molecule has 0 saturated heterocycles. The van der Waals surface area contributed by atoms with Gasteiger partial charge in [0.1, 0.15) is 5.75 Å². The van der Waals surface area contributed by atoms with E-state index in [1.165, 1.54) is 7.11 Å². The smallest absolute Gasteiger partial charge is 0.304 e. The van der Waals surface area contributed by atoms with Gasteiger partial charge in [0.05, 0.1) is 12.7 Å². The number of amides is 1. The molecular formula is C10H12BNO3. The third-order valence-corrected chi connectivity index (χ3v) is 2.55. The lowest BCUT2D eigenvalue weighted by Crippen LogP contribution is -2.33. The van der Waals surface area contributed by atoms with Gasteiger partial charge in [0.2, 0.25) is 0 Å². The minimum absolute atomic E-state index is 0.0364. The molecule has 0 radical (unpaired) electrons. The Kier molecular flexibility index (Phi) is 2.64. The van der Waals surface area contributed by atoms with Crippen molar-refractivity contribution in [2.24, 2.45) is 0 Å². The van der Waals surface area contributed by atoms with Crippen LogP contribution in [-0.2, 0) is 6.42 Å². The van der Waals surface area contributed by atoms with Gasteiger partial charge in [-0.2, -0.15) is 0 Å². The van der Waals surface area contributed by atoms with E-state index in [-0.39, 0.29) is 13.4 Å². The van der Waals surface area contributed by atoms with Crippen molar-refractivity contribution in [1.82, 2.24) is 5.32 Å². The molecule has 0 unspecified atom stereocenters. The normalized spacial score (nSPS) is 14.1. The lowest BCUT2D eigenvalue weighted by atomic mass is 9.84. The maximum atomic E-state index is 11.6. The zero-order valence-corrected chi connectivity index (χ0v) is 8.54. The van der Waals surface area contributed by atoms with Gasteiger partial charge >= 0.3 is 7.48 Å². The number of hydrogen-bond acceptors (Lipinski definition) is 3. The van der Waals surface area contributed by atoms with Crippen LogP contribution in [0.2, 0.25) is 0 Å². The van der Waals surface area contributed by atoms with E-state index in [0.29, 0.717) is 17.9 Å². The second kappa shape index (κ2) is 3.94. The quantitative estimate of drug-likeness (QED) is 0.605. The lowest BCUT2D eigenvalue weighted by Gasteiger charge is -2.19. The Bertz CT molecular complexity index is 389. The summed E-state index contributed by atoms with van der Waals surface area (Å²) in [5.41, 5.74) is 2.32. The van der Waals surface area contributed by atoms with E-state index in [9.17, 15) is 4.79 Å². The maximum absolute atomic E-state index is 11.6. The Morgan fingerprint density at radius 2 is 2.33 bits per heavy atom. The highest BCUT2D eigenvalue weighted by Gasteiger charge is 2.21. The van der Waals surface area contributed by atoms with Gasteiger partial charge in [-0.25, -0.2) is 0 Å². The summed E-state index contributed by atoms with van der Waals surface area (Å²) < 4.78 is 5.15. The van der Waals surface area contributed by atoms with Crippen LogP contribution >= 0.6 is 0 Å². The molecule has 0 aliphatic carbocycles. The molecule has 0 fully saturated rings. The molecule has 1 aromatic carbocycles. The summed E-state index contributed by atoms with van der Waals surface area (Å²) in [6.45, 7) is 0.643. The van der Waals surface area contributed by atoms with Gasteiger partial charge in [-0.15, -0.1) is 0 Å². The van der Waals surface area contributed by atoms with E-state index in [2.05, 4.69) is 5.32 Å². The molecule has 0 bridgehead atoms. The number of hydrogen-bond donors (Lipinski definition) is 2. The molecule has 0 atom stereocenters. The molecule has 0 saturated carbocycles. The summed E-state index contributed by atoms with van der Waals surface area (Å²) in [5.74, 6) is 0.436. The van der Waals surface area contributed by atoms with E-state index in [1.807, 2.05) is 6.07 Å². The Labute approximate surface area is 88.5 Å². The second-order valence-corrected chi connectivity index (χ2v) is 3.50. The number of carbonyl (C=O) groups excluding carboxylic acids is 1. The Morgan fingerprint density at radius 1 is 1.53 bits per heavy atom. The molecule has 1 aliphatic rings. The molecular weight excluding hydrogens is 193 g/mol. The second-order valence-electron chi connectivity index (χ2n) is 3.50. The van der Waals surface area contributed by atoms with Crippen LogP contribution in [0, 0.1) is 0 Å². The van der Waals surface area contributed by atoms with Gasteiger partial charge in [0.25, 0.3) is 5.91 Å². The van der Waals surface area contributed by atoms with E-state index >= 15 is 0 Å². The zero-order chi connectivity index (χ0) is 10.8. The lowest BCUT2D eigenvalue weighted by molar-refractivity contribution is 0.0942. The van der Waals surface area contributed by atoms with Crippen LogP contribution < -0.4 is 15.5 Å². The first-order chi connectivity index (χ1) is 7.26. The van der Waals surface area contributed by atoms with Crippen molar-refractivity contribution in [2.45, 2.75) is 6.42 Å². The number of nitrogens with one attached hydrogen (secondary N) is 1. The maximum Gasteiger partial charge on any atom is 0.304 e. The van der Waals surface area contributed by atoms with Crippen molar-refractivity contribution in [3.63, 3.8) is 0 Å². The topological polar surface area (TPSA) is 58.6 Å². The average molecular weight is 205 g/mol. The Hall–Kier alpha value is -1.49. The van der Waals surface area contributed by atoms with Crippen LogP contribution in [0.15, 0.2) is 12.1 Å². The van der Waals surface area contributed by atoms with Crippen molar-refractivity contribution in [2.75, 3.05) is 13.7 Å². The molecule has 2 rings (SSSR count). The molecule has 78 valence electrons. The summed E-state index contributed by atoms with van der Waals surface area (Å²) in [6, 6.07) is 3.56. The monoisotopic (exact) mass is 205 g/mol. The summed E-state index contributed by atoms with van der Waals surface area (Å²) in [4.78, 5) is 11.6. The van der Waals surface area contributed by atoms with E-state index in [4.69, 9.17) is 9.76 Å². The van der Waals surface area contributed by atoms with Gasteiger partial charge in [-0.1, -0.05) is 6.07 Å². The van der Waals surface area contributed by atoms with Crippen molar-refractivity contribution >= 4 is 18.9 Å².